The topological polar surface area (TPSA) is 38.5 Å². The van der Waals surface area contributed by atoms with E-state index < -0.39 is 0 Å². The number of hydrogen-bond acceptors (Lipinski definition) is 4. The fraction of sp³-hybridized carbons (Fsp3) is 0.500. The van der Waals surface area contributed by atoms with E-state index in [9.17, 15) is 0 Å². The van der Waals surface area contributed by atoms with E-state index in [2.05, 4.69) is 34.3 Å². The molecule has 0 bridgehead atoms. The molecule has 0 saturated carbocycles. The van der Waals surface area contributed by atoms with Crippen molar-refractivity contribution in [3.63, 3.8) is 0 Å². The molecule has 1 aromatic heterocycles. The highest BCUT2D eigenvalue weighted by Gasteiger charge is 2.23. The summed E-state index contributed by atoms with van der Waals surface area (Å²) in [5.74, 6) is 1.87. The zero-order valence-electron chi connectivity index (χ0n) is 13.4. The Morgan fingerprint density at radius 3 is 2.73 bits per heavy atom. The third kappa shape index (κ3) is 3.50. The summed E-state index contributed by atoms with van der Waals surface area (Å²) in [6.07, 6.45) is 5.03. The number of rotatable bonds is 4. The fourth-order valence-electron chi connectivity index (χ4n) is 3.25. The third-order valence-electron chi connectivity index (χ3n) is 4.40. The zero-order chi connectivity index (χ0) is 15.4. The highest BCUT2D eigenvalue weighted by molar-refractivity contribution is 5.29. The molecule has 1 unspecified atom stereocenters. The van der Waals surface area contributed by atoms with Gasteiger partial charge >= 0.3 is 0 Å². The summed E-state index contributed by atoms with van der Waals surface area (Å²) in [6.45, 7) is 3.91. The quantitative estimate of drug-likeness (QED) is 0.851. The van der Waals surface area contributed by atoms with Crippen LogP contribution in [0.25, 0.3) is 0 Å². The van der Waals surface area contributed by atoms with Gasteiger partial charge in [0, 0.05) is 12.1 Å². The molecule has 4 heteroatoms. The first-order valence-electron chi connectivity index (χ1n) is 8.06. The number of ether oxygens (including phenoxy) is 1. The summed E-state index contributed by atoms with van der Waals surface area (Å²) >= 11 is 0. The number of benzene rings is 1. The summed E-state index contributed by atoms with van der Waals surface area (Å²) in [5, 5.41) is 4.01. The van der Waals surface area contributed by atoms with Crippen molar-refractivity contribution in [1.82, 2.24) is 10.1 Å². The number of hydrogen-bond donors (Lipinski definition) is 0. The molecule has 1 aliphatic heterocycles. The monoisotopic (exact) mass is 300 g/mol. The Bertz CT molecular complexity index is 591. The molecule has 0 aliphatic carbocycles. The molecule has 1 aromatic carbocycles. The van der Waals surface area contributed by atoms with Crippen LogP contribution in [0.3, 0.4) is 0 Å². The van der Waals surface area contributed by atoms with E-state index >= 15 is 0 Å². The number of aryl methyl sites for hydroxylation is 1. The summed E-state index contributed by atoms with van der Waals surface area (Å²) in [5.41, 5.74) is 2.31. The maximum absolute atomic E-state index is 5.42. The first-order chi connectivity index (χ1) is 10.8. The van der Waals surface area contributed by atoms with Crippen LogP contribution in [0.4, 0.5) is 0 Å². The molecular formula is C18H24N2O2. The van der Waals surface area contributed by atoms with Crippen molar-refractivity contribution in [2.24, 2.45) is 0 Å². The van der Waals surface area contributed by atoms with Gasteiger partial charge in [0.25, 0.3) is 0 Å². The Labute approximate surface area is 132 Å². The van der Waals surface area contributed by atoms with Gasteiger partial charge in [-0.3, -0.25) is 4.90 Å². The number of likely N-dealkylation sites (tertiary alicyclic amines) is 1. The molecule has 0 radical (unpaired) electrons. The van der Waals surface area contributed by atoms with Gasteiger partial charge in [-0.1, -0.05) is 30.1 Å². The average molecular weight is 300 g/mol. The van der Waals surface area contributed by atoms with Crippen LogP contribution in [0, 0.1) is 6.92 Å². The summed E-state index contributed by atoms with van der Waals surface area (Å²) in [6, 6.07) is 11.0. The molecule has 1 saturated heterocycles. The van der Waals surface area contributed by atoms with Gasteiger partial charge in [-0.05, 0) is 44.0 Å². The predicted molar refractivity (Wildman–Crippen MR) is 85.9 cm³/mol. The smallest absolute Gasteiger partial charge is 0.150 e. The second-order valence-corrected chi connectivity index (χ2v) is 6.04. The molecular weight excluding hydrogens is 276 g/mol. The molecule has 4 nitrogen and oxygen atoms in total. The van der Waals surface area contributed by atoms with Crippen molar-refractivity contribution in [3.05, 3.63) is 47.3 Å². The molecule has 118 valence electrons. The van der Waals surface area contributed by atoms with Crippen molar-refractivity contribution in [1.29, 1.82) is 0 Å². The number of aromatic nitrogens is 1. The molecule has 3 rings (SSSR count). The van der Waals surface area contributed by atoms with Gasteiger partial charge in [0.1, 0.15) is 5.75 Å². The second kappa shape index (κ2) is 6.97. The highest BCUT2D eigenvalue weighted by Crippen LogP contribution is 2.32. The lowest BCUT2D eigenvalue weighted by molar-refractivity contribution is 0.171. The minimum Gasteiger partial charge on any atom is -0.497 e. The van der Waals surface area contributed by atoms with Crippen molar-refractivity contribution in [2.75, 3.05) is 13.7 Å². The summed E-state index contributed by atoms with van der Waals surface area (Å²) in [4.78, 5) is 2.52. The molecule has 2 heterocycles. The zero-order valence-corrected chi connectivity index (χ0v) is 13.4. The van der Waals surface area contributed by atoms with E-state index in [0.29, 0.717) is 6.04 Å². The van der Waals surface area contributed by atoms with Crippen molar-refractivity contribution >= 4 is 0 Å². The number of methoxy groups -OCH3 is 1. The van der Waals surface area contributed by atoms with Crippen LogP contribution < -0.4 is 4.74 Å². The fourth-order valence-corrected chi connectivity index (χ4v) is 3.25. The molecule has 1 aliphatic rings. The van der Waals surface area contributed by atoms with E-state index in [-0.39, 0.29) is 0 Å². The highest BCUT2D eigenvalue weighted by atomic mass is 16.5. The van der Waals surface area contributed by atoms with Crippen LogP contribution in [-0.2, 0) is 6.54 Å². The molecule has 1 fully saturated rings. The summed E-state index contributed by atoms with van der Waals surface area (Å²) in [7, 11) is 1.71. The maximum Gasteiger partial charge on any atom is 0.150 e. The van der Waals surface area contributed by atoms with E-state index in [0.717, 1.165) is 30.3 Å². The van der Waals surface area contributed by atoms with E-state index in [1.807, 2.05) is 13.0 Å². The lowest BCUT2D eigenvalue weighted by Gasteiger charge is -2.29. The van der Waals surface area contributed by atoms with Crippen LogP contribution in [0.1, 0.15) is 48.7 Å². The molecule has 0 N–H and O–H groups in total. The predicted octanol–water partition coefficient (Wildman–Crippen LogP) is 4.11. The van der Waals surface area contributed by atoms with Gasteiger partial charge in [0.05, 0.1) is 19.3 Å². The maximum atomic E-state index is 5.42. The van der Waals surface area contributed by atoms with Crippen LogP contribution in [0.2, 0.25) is 0 Å². The van der Waals surface area contributed by atoms with Crippen molar-refractivity contribution in [2.45, 2.75) is 45.2 Å². The largest absolute Gasteiger partial charge is 0.497 e. The lowest BCUT2D eigenvalue weighted by atomic mass is 10.0. The molecule has 1 atom stereocenters. The molecule has 0 amide bonds. The Kier molecular flexibility index (Phi) is 4.78. The van der Waals surface area contributed by atoms with Gasteiger partial charge in [0.15, 0.2) is 5.76 Å². The second-order valence-electron chi connectivity index (χ2n) is 6.04. The van der Waals surface area contributed by atoms with E-state index in [1.165, 1.54) is 31.2 Å². The van der Waals surface area contributed by atoms with Crippen LogP contribution in [0.5, 0.6) is 5.75 Å². The lowest BCUT2D eigenvalue weighted by Crippen LogP contribution is -2.28. The molecule has 22 heavy (non-hydrogen) atoms. The minimum absolute atomic E-state index is 0.443. The van der Waals surface area contributed by atoms with Gasteiger partial charge in [-0.2, -0.15) is 0 Å². The standard InChI is InChI=1S/C18H24N2O2/c1-14-12-17(22-19-14)13-20-11-5-3-4-6-18(20)15-7-9-16(21-2)10-8-15/h7-10,12,18H,3-6,11,13H2,1-2H3. The van der Waals surface area contributed by atoms with Crippen LogP contribution in [0.15, 0.2) is 34.9 Å². The van der Waals surface area contributed by atoms with Crippen molar-refractivity contribution in [3.8, 4) is 5.75 Å². The van der Waals surface area contributed by atoms with E-state index in [4.69, 9.17) is 9.26 Å². The van der Waals surface area contributed by atoms with Gasteiger partial charge in [0.2, 0.25) is 0 Å². The van der Waals surface area contributed by atoms with Gasteiger partial charge in [-0.25, -0.2) is 0 Å². The average Bonchev–Trinajstić information content (AvgIpc) is 2.81. The van der Waals surface area contributed by atoms with E-state index in [1.54, 1.807) is 7.11 Å². The Morgan fingerprint density at radius 1 is 1.23 bits per heavy atom. The SMILES string of the molecule is COc1ccc(C2CCCCCN2Cc2cc(C)no2)cc1. The van der Waals surface area contributed by atoms with Gasteiger partial charge < -0.3 is 9.26 Å². The number of nitrogens with zero attached hydrogens (tertiary/aromatic N) is 2. The van der Waals surface area contributed by atoms with Gasteiger partial charge in [-0.15, -0.1) is 0 Å². The van der Waals surface area contributed by atoms with Crippen LogP contribution in [-0.4, -0.2) is 23.7 Å². The molecule has 0 spiro atoms. The van der Waals surface area contributed by atoms with Crippen LogP contribution >= 0.6 is 0 Å². The van der Waals surface area contributed by atoms with Crippen molar-refractivity contribution < 1.29 is 9.26 Å². The Balaban J connectivity index is 1.80. The minimum atomic E-state index is 0.443. The normalized spacial score (nSPS) is 19.8. The molecule has 2 aromatic rings. The Morgan fingerprint density at radius 2 is 2.05 bits per heavy atom. The first kappa shape index (κ1) is 15.1. The summed E-state index contributed by atoms with van der Waals surface area (Å²) < 4.78 is 10.7. The first-order valence-corrected chi connectivity index (χ1v) is 8.06. The third-order valence-corrected chi connectivity index (χ3v) is 4.40. The Hall–Kier alpha value is -1.81.